The number of benzene rings is 2. The summed E-state index contributed by atoms with van der Waals surface area (Å²) in [6.07, 6.45) is 5.59. The van der Waals surface area contributed by atoms with Crippen molar-refractivity contribution in [1.82, 2.24) is 19.6 Å². The van der Waals surface area contributed by atoms with Crippen molar-refractivity contribution in [2.75, 3.05) is 58.5 Å². The van der Waals surface area contributed by atoms with Gasteiger partial charge in [-0.3, -0.25) is 14.3 Å². The van der Waals surface area contributed by atoms with Crippen molar-refractivity contribution in [2.24, 2.45) is 7.05 Å². The molecule has 2 heterocycles. The van der Waals surface area contributed by atoms with E-state index in [0.29, 0.717) is 39.3 Å². The molecule has 2 aromatic carbocycles. The van der Waals surface area contributed by atoms with Crippen LogP contribution in [0.25, 0.3) is 6.08 Å². The molecule has 3 aromatic rings. The number of carbonyl (C=O) groups excluding carboxylic acids is 2. The highest BCUT2D eigenvalue weighted by molar-refractivity contribution is 5.95. The maximum Gasteiger partial charge on any atom is 0.247 e. The van der Waals surface area contributed by atoms with Crippen LogP contribution < -0.4 is 4.90 Å². The van der Waals surface area contributed by atoms with E-state index in [0.717, 1.165) is 41.2 Å². The zero-order valence-corrected chi connectivity index (χ0v) is 24.5. The molecule has 1 fully saturated rings. The number of methoxy groups -OCH3 is 1. The Bertz CT molecular complexity index is 1300. The van der Waals surface area contributed by atoms with Gasteiger partial charge in [-0.2, -0.15) is 5.10 Å². The molecule has 0 N–H and O–H groups in total. The van der Waals surface area contributed by atoms with Gasteiger partial charge in [0, 0.05) is 77.3 Å². The average Bonchev–Trinajstić information content (AvgIpc) is 3.33. The topological polar surface area (TPSA) is 80.1 Å². The summed E-state index contributed by atoms with van der Waals surface area (Å²) in [5.41, 5.74) is 4.75. The third-order valence-electron chi connectivity index (χ3n) is 7.35. The summed E-state index contributed by atoms with van der Waals surface area (Å²) in [7, 11) is 5.22. The van der Waals surface area contributed by atoms with Gasteiger partial charge in [0.05, 0.1) is 25.5 Å². The summed E-state index contributed by atoms with van der Waals surface area (Å²) in [5.74, 6) is -0.366. The third-order valence-corrected chi connectivity index (χ3v) is 7.35. The molecule has 0 saturated carbocycles. The minimum absolute atomic E-state index is 0.129. The van der Waals surface area contributed by atoms with Gasteiger partial charge in [-0.1, -0.05) is 42.5 Å². The van der Waals surface area contributed by atoms with Gasteiger partial charge in [0.15, 0.2) is 0 Å². The van der Waals surface area contributed by atoms with Gasteiger partial charge in [-0.05, 0) is 36.3 Å². The summed E-state index contributed by atoms with van der Waals surface area (Å²) in [5, 5.41) is 4.38. The van der Waals surface area contributed by atoms with Crippen LogP contribution >= 0.6 is 0 Å². The number of rotatable bonds is 12. The Morgan fingerprint density at radius 1 is 1.07 bits per heavy atom. The Morgan fingerprint density at radius 3 is 2.41 bits per heavy atom. The largest absolute Gasteiger partial charge is 0.383 e. The van der Waals surface area contributed by atoms with Crippen molar-refractivity contribution in [3.05, 3.63) is 89.3 Å². The molecule has 9 heteroatoms. The van der Waals surface area contributed by atoms with Gasteiger partial charge < -0.3 is 24.2 Å². The van der Waals surface area contributed by atoms with Crippen LogP contribution in [0.15, 0.2) is 66.9 Å². The number of nitrogens with zero attached hydrogens (tertiary/aromatic N) is 5. The third kappa shape index (κ3) is 8.28. The molecule has 41 heavy (non-hydrogen) atoms. The maximum absolute atomic E-state index is 13.9. The van der Waals surface area contributed by atoms with E-state index < -0.39 is 6.04 Å². The molecule has 1 unspecified atom stereocenters. The molecule has 1 aliphatic heterocycles. The van der Waals surface area contributed by atoms with E-state index in [1.807, 2.05) is 62.6 Å². The van der Waals surface area contributed by atoms with Crippen molar-refractivity contribution in [3.63, 3.8) is 0 Å². The molecule has 218 valence electrons. The molecular weight excluding hydrogens is 518 g/mol. The number of amides is 2. The second-order valence-corrected chi connectivity index (χ2v) is 10.4. The van der Waals surface area contributed by atoms with E-state index in [-0.39, 0.29) is 11.8 Å². The molecule has 0 spiro atoms. The summed E-state index contributed by atoms with van der Waals surface area (Å²) in [6.45, 7) is 6.18. The molecule has 1 atom stereocenters. The summed E-state index contributed by atoms with van der Waals surface area (Å²) >= 11 is 0. The van der Waals surface area contributed by atoms with E-state index in [1.165, 1.54) is 0 Å². The predicted octanol–water partition coefficient (Wildman–Crippen LogP) is 3.32. The highest BCUT2D eigenvalue weighted by Crippen LogP contribution is 2.21. The lowest BCUT2D eigenvalue weighted by molar-refractivity contribution is -0.143. The Balaban J connectivity index is 1.66. The molecule has 1 aromatic heterocycles. The first kappa shape index (κ1) is 30.0. The molecule has 4 rings (SSSR count). The normalized spacial score (nSPS) is 14.3. The van der Waals surface area contributed by atoms with Crippen molar-refractivity contribution >= 4 is 23.6 Å². The van der Waals surface area contributed by atoms with Crippen LogP contribution in [-0.2, 0) is 39.1 Å². The van der Waals surface area contributed by atoms with Crippen LogP contribution in [0.3, 0.4) is 0 Å². The minimum Gasteiger partial charge on any atom is -0.383 e. The lowest BCUT2D eigenvalue weighted by atomic mass is 10.0. The fourth-order valence-electron chi connectivity index (χ4n) is 4.97. The van der Waals surface area contributed by atoms with Crippen LogP contribution in [0.1, 0.15) is 22.4 Å². The van der Waals surface area contributed by atoms with Crippen LogP contribution in [0.5, 0.6) is 0 Å². The lowest BCUT2D eigenvalue weighted by Crippen LogP contribution is -2.51. The second kappa shape index (κ2) is 14.6. The summed E-state index contributed by atoms with van der Waals surface area (Å²) < 4.78 is 12.4. The number of anilines is 1. The molecule has 0 radical (unpaired) electrons. The van der Waals surface area contributed by atoms with Crippen LogP contribution in [-0.4, -0.2) is 91.0 Å². The Hall–Kier alpha value is -3.95. The highest BCUT2D eigenvalue weighted by Gasteiger charge is 2.31. The average molecular weight is 560 g/mol. The Labute approximate surface area is 242 Å². The van der Waals surface area contributed by atoms with Crippen LogP contribution in [0, 0.1) is 6.92 Å². The fraction of sp³-hybridized carbons (Fsp3) is 0.406. The number of aryl methyl sites for hydroxylation is 2. The second-order valence-electron chi connectivity index (χ2n) is 10.4. The van der Waals surface area contributed by atoms with E-state index in [1.54, 1.807) is 40.8 Å². The highest BCUT2D eigenvalue weighted by atomic mass is 16.5. The van der Waals surface area contributed by atoms with E-state index in [4.69, 9.17) is 9.47 Å². The molecular formula is C32H41N5O4. The summed E-state index contributed by atoms with van der Waals surface area (Å²) in [6, 6.07) is 17.4. The first-order chi connectivity index (χ1) is 19.9. The standard InChI is InChI=1S/C32H41N5O4/c1-25-28(24-35(3)33-25)12-15-31(38)37(23-27-10-13-29(14-11-27)36-17-20-41-21-18-36)30(22-26-8-6-5-7-9-26)32(39)34(2)16-19-40-4/h5-15,24,30H,16-23H2,1-4H3/b15-12-. The lowest BCUT2D eigenvalue weighted by Gasteiger charge is -2.33. The number of hydrogen-bond acceptors (Lipinski definition) is 6. The summed E-state index contributed by atoms with van der Waals surface area (Å²) in [4.78, 5) is 33.4. The van der Waals surface area contributed by atoms with E-state index >= 15 is 0 Å². The smallest absolute Gasteiger partial charge is 0.247 e. The van der Waals surface area contributed by atoms with Gasteiger partial charge in [-0.15, -0.1) is 0 Å². The molecule has 0 bridgehead atoms. The molecule has 2 amide bonds. The zero-order chi connectivity index (χ0) is 29.2. The van der Waals surface area contributed by atoms with Crippen molar-refractivity contribution in [1.29, 1.82) is 0 Å². The number of carbonyl (C=O) groups is 2. The quantitative estimate of drug-likeness (QED) is 0.317. The first-order valence-electron chi connectivity index (χ1n) is 14.0. The zero-order valence-electron chi connectivity index (χ0n) is 24.5. The SMILES string of the molecule is COCCN(C)C(=O)C(Cc1ccccc1)N(Cc1ccc(N2CCOCC2)cc1)C(=O)/C=C\c1cn(C)nc1C. The molecule has 9 nitrogen and oxygen atoms in total. The van der Waals surface area contributed by atoms with Crippen molar-refractivity contribution in [2.45, 2.75) is 25.9 Å². The number of ether oxygens (including phenoxy) is 2. The maximum atomic E-state index is 13.9. The first-order valence-corrected chi connectivity index (χ1v) is 14.0. The molecule has 0 aliphatic carbocycles. The van der Waals surface area contributed by atoms with Gasteiger partial charge >= 0.3 is 0 Å². The Kier molecular flexibility index (Phi) is 10.7. The van der Waals surface area contributed by atoms with Crippen LogP contribution in [0.2, 0.25) is 0 Å². The number of likely N-dealkylation sites (N-methyl/N-ethyl adjacent to an activating group) is 1. The van der Waals surface area contributed by atoms with Crippen LogP contribution in [0.4, 0.5) is 5.69 Å². The van der Waals surface area contributed by atoms with Gasteiger partial charge in [0.2, 0.25) is 11.8 Å². The Morgan fingerprint density at radius 2 is 1.78 bits per heavy atom. The van der Waals surface area contributed by atoms with E-state index in [2.05, 4.69) is 22.1 Å². The predicted molar refractivity (Wildman–Crippen MR) is 160 cm³/mol. The van der Waals surface area contributed by atoms with Gasteiger partial charge in [-0.25, -0.2) is 0 Å². The van der Waals surface area contributed by atoms with E-state index in [9.17, 15) is 9.59 Å². The number of morpholine rings is 1. The van der Waals surface area contributed by atoms with Crippen molar-refractivity contribution in [3.8, 4) is 0 Å². The minimum atomic E-state index is -0.703. The molecule has 1 saturated heterocycles. The van der Waals surface area contributed by atoms with Gasteiger partial charge in [0.1, 0.15) is 6.04 Å². The molecule has 1 aliphatic rings. The fourth-order valence-corrected chi connectivity index (χ4v) is 4.97. The number of aromatic nitrogens is 2. The van der Waals surface area contributed by atoms with Crippen molar-refractivity contribution < 1.29 is 19.1 Å². The van der Waals surface area contributed by atoms with Gasteiger partial charge in [0.25, 0.3) is 0 Å². The number of hydrogen-bond donors (Lipinski definition) is 0. The monoisotopic (exact) mass is 559 g/mol.